The highest BCUT2D eigenvalue weighted by atomic mass is 16.4. The molecule has 0 unspecified atom stereocenters. The minimum absolute atomic E-state index is 0.206. The van der Waals surface area contributed by atoms with E-state index in [0.717, 1.165) is 5.01 Å². The van der Waals surface area contributed by atoms with E-state index in [2.05, 4.69) is 6.58 Å². The summed E-state index contributed by atoms with van der Waals surface area (Å²) in [5.74, 6) is -1.73. The van der Waals surface area contributed by atoms with E-state index in [4.69, 9.17) is 5.11 Å². The molecule has 2 fully saturated rings. The normalized spacial score (nSPS) is 25.6. The molecule has 0 aliphatic carbocycles. The number of fused-ring (bicyclic) bond motifs is 1. The first-order valence-electron chi connectivity index (χ1n) is 5.57. The number of carboxylic acid groups (broad SMARTS) is 1. The fraction of sp³-hybridized carbons (Fsp3) is 0.545. The molecule has 0 radical (unpaired) electrons. The van der Waals surface area contributed by atoms with Gasteiger partial charge in [-0.3, -0.25) is 14.6 Å². The van der Waals surface area contributed by atoms with Crippen LogP contribution in [0.3, 0.4) is 0 Å². The van der Waals surface area contributed by atoms with Crippen LogP contribution in [0.5, 0.6) is 0 Å². The van der Waals surface area contributed by atoms with Gasteiger partial charge in [0.1, 0.15) is 0 Å². The molecule has 6 heteroatoms. The SMILES string of the molecule is C=C1CCC(=O)N2CCC[C@@H](C(=O)O)N2C1=O. The van der Waals surface area contributed by atoms with Crippen LogP contribution >= 0.6 is 0 Å². The molecule has 0 saturated carbocycles. The van der Waals surface area contributed by atoms with Gasteiger partial charge in [0.15, 0.2) is 6.04 Å². The summed E-state index contributed by atoms with van der Waals surface area (Å²) in [5.41, 5.74) is 0.300. The first-order chi connectivity index (χ1) is 8.02. The Labute approximate surface area is 98.5 Å². The molecular weight excluding hydrogens is 224 g/mol. The third-order valence-electron chi connectivity index (χ3n) is 3.13. The number of aliphatic carboxylic acids is 1. The van der Waals surface area contributed by atoms with E-state index in [9.17, 15) is 14.4 Å². The highest BCUT2D eigenvalue weighted by Gasteiger charge is 2.41. The largest absolute Gasteiger partial charge is 0.480 e. The number of carbonyl (C=O) groups excluding carboxylic acids is 2. The van der Waals surface area contributed by atoms with Gasteiger partial charge >= 0.3 is 5.97 Å². The molecule has 0 bridgehead atoms. The minimum Gasteiger partial charge on any atom is -0.480 e. The quantitative estimate of drug-likeness (QED) is 0.660. The summed E-state index contributed by atoms with van der Waals surface area (Å²) >= 11 is 0. The van der Waals surface area contributed by atoms with Crippen molar-refractivity contribution in [1.29, 1.82) is 0 Å². The summed E-state index contributed by atoms with van der Waals surface area (Å²) in [7, 11) is 0. The molecule has 2 amide bonds. The lowest BCUT2D eigenvalue weighted by atomic mass is 10.1. The Hall–Kier alpha value is -1.85. The van der Waals surface area contributed by atoms with Crippen LogP contribution in [0.15, 0.2) is 12.2 Å². The monoisotopic (exact) mass is 238 g/mol. The second-order valence-electron chi connectivity index (χ2n) is 4.27. The summed E-state index contributed by atoms with van der Waals surface area (Å²) in [5, 5.41) is 11.4. The molecule has 2 heterocycles. The van der Waals surface area contributed by atoms with Crippen LogP contribution in [0.4, 0.5) is 0 Å². The lowest BCUT2D eigenvalue weighted by Crippen LogP contribution is -2.59. The zero-order chi connectivity index (χ0) is 12.6. The standard InChI is InChI=1S/C11H14N2O4/c1-7-4-5-9(14)12-6-2-3-8(11(16)17)13(12)10(7)15/h8H,1-6H2,(H,16,17)/t8-/m0/s1. The van der Waals surface area contributed by atoms with E-state index in [-0.39, 0.29) is 12.3 Å². The van der Waals surface area contributed by atoms with E-state index in [1.54, 1.807) is 0 Å². The molecule has 0 aromatic heterocycles. The number of nitrogens with zero attached hydrogens (tertiary/aromatic N) is 2. The van der Waals surface area contributed by atoms with Crippen LogP contribution in [0.25, 0.3) is 0 Å². The number of carboxylic acids is 1. The van der Waals surface area contributed by atoms with E-state index in [0.29, 0.717) is 31.4 Å². The van der Waals surface area contributed by atoms with E-state index in [1.165, 1.54) is 5.01 Å². The van der Waals surface area contributed by atoms with Gasteiger partial charge in [-0.2, -0.15) is 0 Å². The van der Waals surface area contributed by atoms with Crippen molar-refractivity contribution in [3.8, 4) is 0 Å². The molecular formula is C11H14N2O4. The molecule has 2 aliphatic heterocycles. The van der Waals surface area contributed by atoms with Gasteiger partial charge in [-0.25, -0.2) is 9.80 Å². The molecule has 17 heavy (non-hydrogen) atoms. The Kier molecular flexibility index (Phi) is 2.87. The number of amides is 2. The fourth-order valence-electron chi connectivity index (χ4n) is 2.21. The Morgan fingerprint density at radius 2 is 2.06 bits per heavy atom. The van der Waals surface area contributed by atoms with Gasteiger partial charge in [0.25, 0.3) is 5.91 Å². The average molecular weight is 238 g/mol. The van der Waals surface area contributed by atoms with Gasteiger partial charge in [-0.15, -0.1) is 0 Å². The van der Waals surface area contributed by atoms with Crippen molar-refractivity contribution >= 4 is 17.8 Å². The summed E-state index contributed by atoms with van der Waals surface area (Å²) in [4.78, 5) is 34.9. The van der Waals surface area contributed by atoms with Gasteiger partial charge in [0.05, 0.1) is 0 Å². The van der Waals surface area contributed by atoms with Crippen molar-refractivity contribution < 1.29 is 19.5 Å². The number of hydrogen-bond donors (Lipinski definition) is 1. The van der Waals surface area contributed by atoms with E-state index < -0.39 is 17.9 Å². The van der Waals surface area contributed by atoms with Crippen molar-refractivity contribution in [3.63, 3.8) is 0 Å². The van der Waals surface area contributed by atoms with Crippen molar-refractivity contribution in [2.24, 2.45) is 0 Å². The Bertz CT molecular complexity index is 404. The van der Waals surface area contributed by atoms with Crippen molar-refractivity contribution in [3.05, 3.63) is 12.2 Å². The predicted molar refractivity (Wildman–Crippen MR) is 57.6 cm³/mol. The maximum Gasteiger partial charge on any atom is 0.328 e. The second kappa shape index (κ2) is 4.20. The highest BCUT2D eigenvalue weighted by Crippen LogP contribution is 2.26. The fourth-order valence-corrected chi connectivity index (χ4v) is 2.21. The second-order valence-corrected chi connectivity index (χ2v) is 4.27. The molecule has 92 valence electrons. The highest BCUT2D eigenvalue weighted by molar-refractivity contribution is 5.98. The predicted octanol–water partition coefficient (Wildman–Crippen LogP) is 0.156. The summed E-state index contributed by atoms with van der Waals surface area (Å²) < 4.78 is 0. The van der Waals surface area contributed by atoms with Gasteiger partial charge in [-0.1, -0.05) is 6.58 Å². The number of rotatable bonds is 1. The molecule has 2 aliphatic rings. The third kappa shape index (κ3) is 1.90. The molecule has 2 saturated heterocycles. The number of hydrogen-bond acceptors (Lipinski definition) is 3. The first kappa shape index (κ1) is 11.6. The smallest absolute Gasteiger partial charge is 0.328 e. The number of carbonyl (C=O) groups is 3. The van der Waals surface area contributed by atoms with Crippen molar-refractivity contribution in [2.45, 2.75) is 31.7 Å². The maximum atomic E-state index is 12.0. The first-order valence-corrected chi connectivity index (χ1v) is 5.57. The van der Waals surface area contributed by atoms with Crippen LogP contribution in [-0.2, 0) is 14.4 Å². The Balaban J connectivity index is 2.38. The zero-order valence-corrected chi connectivity index (χ0v) is 9.39. The molecule has 6 nitrogen and oxygen atoms in total. The molecule has 1 N–H and O–H groups in total. The van der Waals surface area contributed by atoms with E-state index >= 15 is 0 Å². The van der Waals surface area contributed by atoms with Crippen LogP contribution in [0.1, 0.15) is 25.7 Å². The lowest BCUT2D eigenvalue weighted by Gasteiger charge is -2.41. The van der Waals surface area contributed by atoms with Crippen LogP contribution < -0.4 is 0 Å². The third-order valence-corrected chi connectivity index (χ3v) is 3.13. The topological polar surface area (TPSA) is 77.9 Å². The van der Waals surface area contributed by atoms with Crippen LogP contribution in [-0.4, -0.2) is 45.5 Å². The lowest BCUT2D eigenvalue weighted by molar-refractivity contribution is -0.178. The van der Waals surface area contributed by atoms with Crippen LogP contribution in [0.2, 0.25) is 0 Å². The molecule has 0 aromatic carbocycles. The zero-order valence-electron chi connectivity index (χ0n) is 9.39. The average Bonchev–Trinajstić information content (AvgIpc) is 2.42. The van der Waals surface area contributed by atoms with Crippen molar-refractivity contribution in [1.82, 2.24) is 10.0 Å². The molecule has 1 atom stereocenters. The van der Waals surface area contributed by atoms with Gasteiger partial charge in [0.2, 0.25) is 5.91 Å². The van der Waals surface area contributed by atoms with Gasteiger partial charge in [-0.05, 0) is 19.3 Å². The van der Waals surface area contributed by atoms with Crippen LogP contribution in [0, 0.1) is 0 Å². The molecule has 0 aromatic rings. The van der Waals surface area contributed by atoms with Gasteiger partial charge < -0.3 is 5.11 Å². The van der Waals surface area contributed by atoms with Crippen molar-refractivity contribution in [2.75, 3.05) is 6.54 Å². The van der Waals surface area contributed by atoms with Gasteiger partial charge in [0, 0.05) is 18.5 Å². The summed E-state index contributed by atoms with van der Waals surface area (Å²) in [6.07, 6.45) is 1.49. The molecule has 0 spiro atoms. The maximum absolute atomic E-state index is 12.0. The summed E-state index contributed by atoms with van der Waals surface area (Å²) in [6, 6.07) is -0.949. The minimum atomic E-state index is -1.08. The Morgan fingerprint density at radius 1 is 1.35 bits per heavy atom. The Morgan fingerprint density at radius 3 is 2.71 bits per heavy atom. The van der Waals surface area contributed by atoms with E-state index in [1.807, 2.05) is 0 Å². The molecule has 2 rings (SSSR count). The number of hydrazine groups is 1. The summed E-state index contributed by atoms with van der Waals surface area (Å²) in [6.45, 7) is 4.02.